The number of likely N-dealkylation sites (tertiary alicyclic amines) is 1. The Bertz CT molecular complexity index is 489. The quantitative estimate of drug-likeness (QED) is 0.851. The standard InChI is InChI=1S/C15H19FN2OS/c1-2-13-5-3-4-10-18(13)15(20)17-14(19)11-6-8-12(16)9-7-11/h6-9,13H,2-5,10H2,1H3,(H,17,19,20). The van der Waals surface area contributed by atoms with E-state index in [0.717, 1.165) is 25.8 Å². The van der Waals surface area contributed by atoms with E-state index in [1.165, 1.54) is 30.7 Å². The van der Waals surface area contributed by atoms with Gasteiger partial charge in [0.05, 0.1) is 0 Å². The largest absolute Gasteiger partial charge is 0.346 e. The molecule has 1 heterocycles. The van der Waals surface area contributed by atoms with Crippen LogP contribution in [0.3, 0.4) is 0 Å². The maximum Gasteiger partial charge on any atom is 0.257 e. The van der Waals surface area contributed by atoms with Gasteiger partial charge in [0.1, 0.15) is 5.82 Å². The number of carbonyl (C=O) groups excluding carboxylic acids is 1. The van der Waals surface area contributed by atoms with Crippen LogP contribution in [0.1, 0.15) is 43.0 Å². The lowest BCUT2D eigenvalue weighted by molar-refractivity contribution is 0.0969. The average molecular weight is 294 g/mol. The minimum atomic E-state index is -0.355. The van der Waals surface area contributed by atoms with Gasteiger partial charge in [0.2, 0.25) is 0 Å². The summed E-state index contributed by atoms with van der Waals surface area (Å²) < 4.78 is 12.8. The molecule has 0 saturated carbocycles. The fourth-order valence-corrected chi connectivity index (χ4v) is 2.87. The monoisotopic (exact) mass is 294 g/mol. The number of halogens is 1. The lowest BCUT2D eigenvalue weighted by Gasteiger charge is -2.37. The van der Waals surface area contributed by atoms with Gasteiger partial charge in [0, 0.05) is 18.2 Å². The van der Waals surface area contributed by atoms with Crippen LogP contribution >= 0.6 is 12.2 Å². The van der Waals surface area contributed by atoms with Gasteiger partial charge in [-0.05, 0) is 62.2 Å². The molecular weight excluding hydrogens is 275 g/mol. The molecule has 1 N–H and O–H groups in total. The molecule has 0 radical (unpaired) electrons. The maximum absolute atomic E-state index is 12.8. The summed E-state index contributed by atoms with van der Waals surface area (Å²) in [4.78, 5) is 14.2. The third kappa shape index (κ3) is 3.54. The Balaban J connectivity index is 1.99. The summed E-state index contributed by atoms with van der Waals surface area (Å²) in [6.45, 7) is 3.02. The summed E-state index contributed by atoms with van der Waals surface area (Å²) >= 11 is 5.34. The van der Waals surface area contributed by atoms with Crippen LogP contribution < -0.4 is 5.32 Å². The molecule has 108 valence electrons. The van der Waals surface area contributed by atoms with Crippen LogP contribution in [0.5, 0.6) is 0 Å². The number of nitrogens with zero attached hydrogens (tertiary/aromatic N) is 1. The van der Waals surface area contributed by atoms with Crippen molar-refractivity contribution in [3.8, 4) is 0 Å². The van der Waals surface area contributed by atoms with E-state index in [-0.39, 0.29) is 11.7 Å². The molecule has 1 saturated heterocycles. The van der Waals surface area contributed by atoms with Crippen LogP contribution in [0.2, 0.25) is 0 Å². The first kappa shape index (κ1) is 14.9. The molecule has 0 spiro atoms. The van der Waals surface area contributed by atoms with Gasteiger partial charge in [0.25, 0.3) is 5.91 Å². The number of thiocarbonyl (C=S) groups is 1. The van der Waals surface area contributed by atoms with Crippen LogP contribution in [0.4, 0.5) is 4.39 Å². The van der Waals surface area contributed by atoms with Crippen molar-refractivity contribution < 1.29 is 9.18 Å². The Kier molecular flexibility index (Phi) is 5.06. The Morgan fingerprint density at radius 1 is 1.40 bits per heavy atom. The second-order valence-corrected chi connectivity index (χ2v) is 5.40. The minimum Gasteiger partial charge on any atom is -0.346 e. The van der Waals surface area contributed by atoms with Crippen LogP contribution in [0.15, 0.2) is 24.3 Å². The number of amides is 1. The first-order valence-corrected chi connectivity index (χ1v) is 7.40. The van der Waals surface area contributed by atoms with Gasteiger partial charge in [-0.25, -0.2) is 4.39 Å². The normalized spacial score (nSPS) is 18.7. The molecule has 0 bridgehead atoms. The predicted molar refractivity (Wildman–Crippen MR) is 81.1 cm³/mol. The highest BCUT2D eigenvalue weighted by atomic mass is 32.1. The van der Waals surface area contributed by atoms with E-state index in [0.29, 0.717) is 16.7 Å². The summed E-state index contributed by atoms with van der Waals surface area (Å²) in [6.07, 6.45) is 4.45. The van der Waals surface area contributed by atoms with Crippen molar-refractivity contribution in [2.75, 3.05) is 6.54 Å². The number of hydrogen-bond acceptors (Lipinski definition) is 2. The third-order valence-corrected chi connectivity index (χ3v) is 4.02. The van der Waals surface area contributed by atoms with E-state index in [1.807, 2.05) is 0 Å². The van der Waals surface area contributed by atoms with Crippen LogP contribution in [-0.2, 0) is 0 Å². The Morgan fingerprint density at radius 3 is 2.75 bits per heavy atom. The molecule has 2 rings (SSSR count). The van der Waals surface area contributed by atoms with Gasteiger partial charge < -0.3 is 4.90 Å². The molecule has 1 atom stereocenters. The molecule has 3 nitrogen and oxygen atoms in total. The summed E-state index contributed by atoms with van der Waals surface area (Å²) in [5, 5.41) is 3.22. The summed E-state index contributed by atoms with van der Waals surface area (Å²) in [6, 6.07) is 5.87. The maximum atomic E-state index is 12.8. The number of piperidine rings is 1. The van der Waals surface area contributed by atoms with Gasteiger partial charge in [0.15, 0.2) is 5.11 Å². The highest BCUT2D eigenvalue weighted by Crippen LogP contribution is 2.19. The zero-order valence-corrected chi connectivity index (χ0v) is 12.4. The first-order valence-electron chi connectivity index (χ1n) is 6.99. The van der Waals surface area contributed by atoms with E-state index in [4.69, 9.17) is 12.2 Å². The first-order chi connectivity index (χ1) is 9.61. The molecule has 5 heteroatoms. The lowest BCUT2D eigenvalue weighted by atomic mass is 10.0. The number of benzene rings is 1. The molecule has 1 aliphatic heterocycles. The van der Waals surface area contributed by atoms with Crippen molar-refractivity contribution in [3.05, 3.63) is 35.6 Å². The van der Waals surface area contributed by atoms with Crippen molar-refractivity contribution in [2.24, 2.45) is 0 Å². The predicted octanol–water partition coefficient (Wildman–Crippen LogP) is 3.10. The number of carbonyl (C=O) groups is 1. The molecule has 1 fully saturated rings. The van der Waals surface area contributed by atoms with Gasteiger partial charge in [-0.3, -0.25) is 10.1 Å². The molecule has 20 heavy (non-hydrogen) atoms. The summed E-state index contributed by atoms with van der Waals surface area (Å²) in [5.41, 5.74) is 0.416. The molecule has 1 aromatic carbocycles. The fraction of sp³-hybridized carbons (Fsp3) is 0.467. The highest BCUT2D eigenvalue weighted by molar-refractivity contribution is 7.80. The summed E-state index contributed by atoms with van der Waals surface area (Å²) in [7, 11) is 0. The third-order valence-electron chi connectivity index (χ3n) is 3.69. The topological polar surface area (TPSA) is 32.3 Å². The minimum absolute atomic E-state index is 0.282. The second-order valence-electron chi connectivity index (χ2n) is 5.02. The number of nitrogens with one attached hydrogen (secondary N) is 1. The van der Waals surface area contributed by atoms with E-state index in [9.17, 15) is 9.18 Å². The van der Waals surface area contributed by atoms with E-state index >= 15 is 0 Å². The van der Waals surface area contributed by atoms with Crippen molar-refractivity contribution in [2.45, 2.75) is 38.6 Å². The number of hydrogen-bond donors (Lipinski definition) is 1. The smallest absolute Gasteiger partial charge is 0.257 e. The molecule has 1 amide bonds. The van der Waals surface area contributed by atoms with Crippen molar-refractivity contribution in [1.29, 1.82) is 0 Å². The lowest BCUT2D eigenvalue weighted by Crippen LogP contribution is -2.49. The Labute approximate surface area is 124 Å². The van der Waals surface area contributed by atoms with Gasteiger partial charge in [-0.15, -0.1) is 0 Å². The molecule has 0 aromatic heterocycles. The highest BCUT2D eigenvalue weighted by Gasteiger charge is 2.24. The Morgan fingerprint density at radius 2 is 2.10 bits per heavy atom. The molecule has 1 unspecified atom stereocenters. The van der Waals surface area contributed by atoms with E-state index < -0.39 is 0 Å². The fourth-order valence-electron chi connectivity index (χ4n) is 2.53. The Hall–Kier alpha value is -1.49. The van der Waals surface area contributed by atoms with Crippen LogP contribution in [-0.4, -0.2) is 28.5 Å². The van der Waals surface area contributed by atoms with Gasteiger partial charge in [-0.2, -0.15) is 0 Å². The van der Waals surface area contributed by atoms with Crippen molar-refractivity contribution in [3.63, 3.8) is 0 Å². The van der Waals surface area contributed by atoms with Crippen molar-refractivity contribution in [1.82, 2.24) is 10.2 Å². The average Bonchev–Trinajstić information content (AvgIpc) is 2.47. The molecule has 1 aliphatic rings. The van der Waals surface area contributed by atoms with Gasteiger partial charge in [-0.1, -0.05) is 6.92 Å². The molecular formula is C15H19FN2OS. The molecule has 0 aliphatic carbocycles. The SMILES string of the molecule is CCC1CCCCN1C(=S)NC(=O)c1ccc(F)cc1. The van der Waals surface area contributed by atoms with Gasteiger partial charge >= 0.3 is 0 Å². The van der Waals surface area contributed by atoms with Crippen LogP contribution in [0.25, 0.3) is 0 Å². The van der Waals surface area contributed by atoms with Crippen LogP contribution in [0, 0.1) is 5.82 Å². The van der Waals surface area contributed by atoms with E-state index in [1.54, 1.807) is 0 Å². The number of rotatable bonds is 2. The second kappa shape index (κ2) is 6.79. The van der Waals surface area contributed by atoms with E-state index in [2.05, 4.69) is 17.1 Å². The zero-order chi connectivity index (χ0) is 14.5. The van der Waals surface area contributed by atoms with Crippen molar-refractivity contribution >= 4 is 23.2 Å². The summed E-state index contributed by atoms with van der Waals surface area (Å²) in [5.74, 6) is -0.637. The zero-order valence-electron chi connectivity index (χ0n) is 11.6. The molecule has 1 aromatic rings.